The van der Waals surface area contributed by atoms with Crippen molar-refractivity contribution < 1.29 is 66.9 Å². The Kier molecular flexibility index (Phi) is 11.3. The fourth-order valence-corrected chi connectivity index (χ4v) is 5.76. The third kappa shape index (κ3) is 7.93. The van der Waals surface area contributed by atoms with Crippen molar-refractivity contribution in [3.05, 3.63) is 124 Å². The molecule has 0 aliphatic heterocycles. The van der Waals surface area contributed by atoms with Crippen molar-refractivity contribution in [2.75, 3.05) is 7.11 Å². The summed E-state index contributed by atoms with van der Waals surface area (Å²) in [6.07, 6.45) is -4.58. The first-order valence-electron chi connectivity index (χ1n) is 14.8. The second kappa shape index (κ2) is 14.7. The minimum Gasteiger partial charge on any atom is -0.549 e. The molecule has 0 aliphatic rings. The fraction of sp³-hybridized carbons (Fsp3) is 0.270. The molecule has 0 saturated heterocycles. The molecule has 5 rings (SSSR count). The number of aliphatic carboxylic acids is 1. The van der Waals surface area contributed by atoms with Gasteiger partial charge < -0.3 is 24.2 Å². The first kappa shape index (κ1) is 36.2. The van der Waals surface area contributed by atoms with Crippen LogP contribution in [-0.4, -0.2) is 23.1 Å². The van der Waals surface area contributed by atoms with Gasteiger partial charge in [0.1, 0.15) is 11.5 Å². The van der Waals surface area contributed by atoms with Gasteiger partial charge in [-0.25, -0.2) is 0 Å². The number of halogens is 3. The number of carbonyl (C=O) groups is 1. The fourth-order valence-electron chi connectivity index (χ4n) is 5.76. The molecule has 0 bridgehead atoms. The van der Waals surface area contributed by atoms with Gasteiger partial charge in [0.2, 0.25) is 5.76 Å². The number of benzene rings is 4. The Bertz CT molecular complexity index is 1880. The summed E-state index contributed by atoms with van der Waals surface area (Å²) in [5.41, 5.74) is 4.01. The molecule has 0 amide bonds. The predicted molar refractivity (Wildman–Crippen MR) is 168 cm³/mol. The molecule has 6 nitrogen and oxygen atoms in total. The Morgan fingerprint density at radius 3 is 2.21 bits per heavy atom. The average molecular weight is 654 g/mol. The van der Waals surface area contributed by atoms with Crippen molar-refractivity contribution in [2.45, 2.75) is 58.6 Å². The largest absolute Gasteiger partial charge is 1.00 e. The van der Waals surface area contributed by atoms with E-state index in [1.807, 2.05) is 60.4 Å². The number of hydrogen-bond acceptors (Lipinski definition) is 6. The Balaban J connectivity index is 0.00000500. The van der Waals surface area contributed by atoms with Crippen LogP contribution in [0.3, 0.4) is 0 Å². The zero-order chi connectivity index (χ0) is 33.2. The van der Waals surface area contributed by atoms with Gasteiger partial charge in [-0.15, -0.1) is 0 Å². The second-order valence-electron chi connectivity index (χ2n) is 12.0. The first-order chi connectivity index (χ1) is 21.8. The number of ether oxygens (including phenoxy) is 1. The third-order valence-corrected chi connectivity index (χ3v) is 8.46. The average Bonchev–Trinajstić information content (AvgIpc) is 3.51. The number of furan rings is 1. The number of methoxy groups -OCH3 is 1. The number of nitrogens with zero attached hydrogens (tertiary/aromatic N) is 1. The van der Waals surface area contributed by atoms with Crippen LogP contribution in [0, 0.1) is 6.92 Å². The van der Waals surface area contributed by atoms with E-state index in [0.717, 1.165) is 44.7 Å². The van der Waals surface area contributed by atoms with Crippen LogP contribution in [0.5, 0.6) is 5.75 Å². The minimum absolute atomic E-state index is 0. The van der Waals surface area contributed by atoms with Crippen LogP contribution >= 0.6 is 0 Å². The van der Waals surface area contributed by atoms with E-state index in [2.05, 4.69) is 6.07 Å². The molecule has 4 aromatic carbocycles. The summed E-state index contributed by atoms with van der Waals surface area (Å²) in [4.78, 5) is 13.9. The third-order valence-electron chi connectivity index (χ3n) is 8.46. The van der Waals surface area contributed by atoms with Crippen LogP contribution in [0.4, 0.5) is 13.2 Å². The van der Waals surface area contributed by atoms with E-state index in [1.54, 1.807) is 25.3 Å². The molecule has 0 unspecified atom stereocenters. The van der Waals surface area contributed by atoms with Crippen molar-refractivity contribution in [2.24, 2.45) is 0 Å². The molecule has 0 aliphatic carbocycles. The van der Waals surface area contributed by atoms with Gasteiger partial charge in [0.25, 0.3) is 0 Å². The van der Waals surface area contributed by atoms with Gasteiger partial charge in [0.15, 0.2) is 0 Å². The summed E-state index contributed by atoms with van der Waals surface area (Å²) < 4.78 is 51.0. The van der Waals surface area contributed by atoms with E-state index in [0.29, 0.717) is 30.0 Å². The summed E-state index contributed by atoms with van der Waals surface area (Å²) in [5, 5.41) is 23.9. The van der Waals surface area contributed by atoms with Crippen molar-refractivity contribution in [3.8, 4) is 16.9 Å². The van der Waals surface area contributed by atoms with Crippen LogP contribution in [0.25, 0.3) is 21.9 Å². The van der Waals surface area contributed by atoms with E-state index in [9.17, 15) is 28.2 Å². The molecular weight excluding hydrogens is 618 g/mol. The number of fused-ring (bicyclic) bond motifs is 1. The molecule has 240 valence electrons. The summed E-state index contributed by atoms with van der Waals surface area (Å²) in [6, 6.07) is 25.3. The van der Waals surface area contributed by atoms with E-state index in [1.165, 1.54) is 19.9 Å². The number of aryl methyl sites for hydroxylation is 1. The maximum absolute atomic E-state index is 13.3. The molecule has 10 heteroatoms. The standard InChI is InChI=1S/C37H36F3NO5.Na/c1-23-9-10-24-7-5-6-8-30(24)31(23)21-41(20-29-15-16-34(46-29)37(38,39)40)19-27-13-11-26(18-33(27)45-4)25-12-14-28(22-42)32(17-25)36(2,3)35(43)44;/h5-18,42H,19-22H2,1-4H3,(H,43,44);/q;+1/p-1. The van der Waals surface area contributed by atoms with Gasteiger partial charge in [0, 0.05) is 24.1 Å². The summed E-state index contributed by atoms with van der Waals surface area (Å²) in [5.74, 6) is -1.56. The molecule has 1 N–H and O–H groups in total. The number of carboxylic acid groups (broad SMARTS) is 1. The van der Waals surface area contributed by atoms with Crippen LogP contribution in [0.1, 0.15) is 53.2 Å². The van der Waals surface area contributed by atoms with Crippen LogP contribution < -0.4 is 39.4 Å². The maximum atomic E-state index is 13.3. The van der Waals surface area contributed by atoms with Crippen molar-refractivity contribution in [1.29, 1.82) is 0 Å². The molecule has 0 fully saturated rings. The van der Waals surface area contributed by atoms with Crippen LogP contribution in [0.2, 0.25) is 0 Å². The van der Waals surface area contributed by atoms with E-state index in [4.69, 9.17) is 9.15 Å². The summed E-state index contributed by atoms with van der Waals surface area (Å²) in [7, 11) is 1.55. The molecule has 0 saturated carbocycles. The number of aliphatic hydroxyl groups excluding tert-OH is 1. The van der Waals surface area contributed by atoms with E-state index < -0.39 is 23.3 Å². The van der Waals surface area contributed by atoms with Gasteiger partial charge in [-0.1, -0.05) is 74.5 Å². The van der Waals surface area contributed by atoms with Crippen molar-refractivity contribution >= 4 is 16.7 Å². The number of carboxylic acids is 1. The molecule has 0 spiro atoms. The summed E-state index contributed by atoms with van der Waals surface area (Å²) in [6.45, 7) is 5.65. The van der Waals surface area contributed by atoms with Gasteiger partial charge in [-0.2, -0.15) is 13.2 Å². The smallest absolute Gasteiger partial charge is 0.549 e. The monoisotopic (exact) mass is 653 g/mol. The molecule has 5 aromatic rings. The zero-order valence-electron chi connectivity index (χ0n) is 27.1. The van der Waals surface area contributed by atoms with Gasteiger partial charge in [-0.3, -0.25) is 4.90 Å². The number of alkyl halides is 3. The minimum atomic E-state index is -4.58. The molecule has 0 atom stereocenters. The van der Waals surface area contributed by atoms with Gasteiger partial charge in [0.05, 0.1) is 26.2 Å². The molecule has 1 heterocycles. The van der Waals surface area contributed by atoms with E-state index in [-0.39, 0.29) is 48.5 Å². The number of hydrogen-bond donors (Lipinski definition) is 1. The van der Waals surface area contributed by atoms with Crippen LogP contribution in [-0.2, 0) is 42.6 Å². The SMILES string of the molecule is COc1cc(-c2ccc(CO)c(C(C)(C)C(=O)[O-])c2)ccc1CN(Cc1ccc(C(F)(F)F)o1)Cc1c(C)ccc2ccccc12.[Na+]. The predicted octanol–water partition coefficient (Wildman–Crippen LogP) is 4.16. The van der Waals surface area contributed by atoms with Crippen molar-refractivity contribution in [1.82, 2.24) is 4.90 Å². The quantitative estimate of drug-likeness (QED) is 0.216. The van der Waals surface area contributed by atoms with E-state index >= 15 is 0 Å². The zero-order valence-corrected chi connectivity index (χ0v) is 29.1. The summed E-state index contributed by atoms with van der Waals surface area (Å²) >= 11 is 0. The molecular formula is C37H35F3NNaO5. The first-order valence-corrected chi connectivity index (χ1v) is 14.8. The number of rotatable bonds is 11. The number of aliphatic hydroxyl groups is 1. The molecule has 0 radical (unpaired) electrons. The van der Waals surface area contributed by atoms with Gasteiger partial charge in [-0.05, 0) is 75.3 Å². The Morgan fingerprint density at radius 1 is 0.894 bits per heavy atom. The Hall–Kier alpha value is -3.60. The topological polar surface area (TPSA) is 86.0 Å². The normalized spacial score (nSPS) is 11.9. The number of carbonyl (C=O) groups excluding carboxylic acids is 1. The Morgan fingerprint density at radius 2 is 1.57 bits per heavy atom. The second-order valence-corrected chi connectivity index (χ2v) is 12.0. The Labute approximate surface area is 294 Å². The molecule has 47 heavy (non-hydrogen) atoms. The van der Waals surface area contributed by atoms with Crippen molar-refractivity contribution in [3.63, 3.8) is 0 Å². The van der Waals surface area contributed by atoms with Crippen LogP contribution in [0.15, 0.2) is 89.3 Å². The molecule has 1 aromatic heterocycles. The maximum Gasteiger partial charge on any atom is 1.00 e. The van der Waals surface area contributed by atoms with Gasteiger partial charge >= 0.3 is 35.7 Å².